The first-order chi connectivity index (χ1) is 7.97. The van der Waals surface area contributed by atoms with Gasteiger partial charge in [-0.2, -0.15) is 0 Å². The fourth-order valence-corrected chi connectivity index (χ4v) is 1.38. The summed E-state index contributed by atoms with van der Waals surface area (Å²) in [6.45, 7) is 2.06. The van der Waals surface area contributed by atoms with Crippen LogP contribution in [-0.2, 0) is 14.4 Å². The summed E-state index contributed by atoms with van der Waals surface area (Å²) < 4.78 is 0. The molecule has 0 heterocycles. The number of carbonyl (C=O) groups excluding carboxylic acids is 2. The van der Waals surface area contributed by atoms with Crippen LogP contribution in [0.3, 0.4) is 0 Å². The highest BCUT2D eigenvalue weighted by molar-refractivity contribution is 5.88. The smallest absolute Gasteiger partial charge is 0.326 e. The Kier molecular flexibility index (Phi) is 7.75. The Morgan fingerprint density at radius 1 is 1.24 bits per heavy atom. The van der Waals surface area contributed by atoms with Crippen LogP contribution in [0.5, 0.6) is 0 Å². The van der Waals surface area contributed by atoms with Gasteiger partial charge in [0.15, 0.2) is 0 Å². The maximum Gasteiger partial charge on any atom is 0.326 e. The highest BCUT2D eigenvalue weighted by atomic mass is 16.4. The van der Waals surface area contributed by atoms with Gasteiger partial charge in [0.2, 0.25) is 11.8 Å². The van der Waals surface area contributed by atoms with Crippen LogP contribution >= 0.6 is 0 Å². The summed E-state index contributed by atoms with van der Waals surface area (Å²) in [7, 11) is 0. The maximum atomic E-state index is 11.4. The quantitative estimate of drug-likeness (QED) is 0.510. The van der Waals surface area contributed by atoms with Crippen LogP contribution < -0.4 is 11.1 Å². The van der Waals surface area contributed by atoms with Gasteiger partial charge in [0.05, 0.1) is 6.42 Å². The molecule has 0 aromatic rings. The van der Waals surface area contributed by atoms with E-state index < -0.39 is 17.9 Å². The standard InChI is InChI=1S/C11H20N2O4/c1-2-3-4-5-6-10(15)13-8(11(16)17)7-9(12)14/h8H,2-7H2,1H3,(H2,12,14)(H,13,15)(H,16,17)/t8-/m0/s1. The maximum absolute atomic E-state index is 11.4. The second-order valence-corrected chi connectivity index (χ2v) is 3.94. The number of carboxylic acid groups (broad SMARTS) is 1. The van der Waals surface area contributed by atoms with Gasteiger partial charge in [-0.1, -0.05) is 26.2 Å². The van der Waals surface area contributed by atoms with Gasteiger partial charge in [-0.25, -0.2) is 4.79 Å². The highest BCUT2D eigenvalue weighted by Crippen LogP contribution is 2.03. The van der Waals surface area contributed by atoms with E-state index >= 15 is 0 Å². The molecule has 0 rings (SSSR count). The average molecular weight is 244 g/mol. The van der Waals surface area contributed by atoms with Crippen LogP contribution in [-0.4, -0.2) is 28.9 Å². The summed E-state index contributed by atoms with van der Waals surface area (Å²) in [4.78, 5) is 32.7. The molecule has 0 saturated heterocycles. The van der Waals surface area contributed by atoms with Crippen molar-refractivity contribution >= 4 is 17.8 Å². The van der Waals surface area contributed by atoms with Crippen LogP contribution in [0.2, 0.25) is 0 Å². The zero-order valence-electron chi connectivity index (χ0n) is 10.1. The van der Waals surface area contributed by atoms with Crippen LogP contribution in [0.1, 0.15) is 45.4 Å². The zero-order chi connectivity index (χ0) is 13.3. The number of carbonyl (C=O) groups is 3. The van der Waals surface area contributed by atoms with E-state index in [2.05, 4.69) is 12.2 Å². The molecular weight excluding hydrogens is 224 g/mol. The van der Waals surface area contributed by atoms with Crippen molar-refractivity contribution in [3.05, 3.63) is 0 Å². The number of nitrogens with two attached hydrogens (primary N) is 1. The molecule has 0 saturated carbocycles. The van der Waals surface area contributed by atoms with Crippen LogP contribution in [0, 0.1) is 0 Å². The Hall–Kier alpha value is -1.59. The van der Waals surface area contributed by atoms with Gasteiger partial charge in [0.1, 0.15) is 6.04 Å². The minimum absolute atomic E-state index is 0.280. The summed E-state index contributed by atoms with van der Waals surface area (Å²) >= 11 is 0. The molecular formula is C11H20N2O4. The first-order valence-electron chi connectivity index (χ1n) is 5.77. The number of nitrogens with one attached hydrogen (secondary N) is 1. The van der Waals surface area contributed by atoms with Crippen LogP contribution in [0.4, 0.5) is 0 Å². The van der Waals surface area contributed by atoms with Crippen molar-refractivity contribution < 1.29 is 19.5 Å². The zero-order valence-corrected chi connectivity index (χ0v) is 10.1. The molecule has 0 aromatic heterocycles. The molecule has 6 nitrogen and oxygen atoms in total. The number of unbranched alkanes of at least 4 members (excludes halogenated alkanes) is 3. The second kappa shape index (κ2) is 8.55. The predicted octanol–water partition coefficient (Wildman–Crippen LogP) is 0.402. The number of hydrogen-bond acceptors (Lipinski definition) is 3. The van der Waals surface area contributed by atoms with Crippen molar-refractivity contribution in [2.75, 3.05) is 0 Å². The third-order valence-electron chi connectivity index (χ3n) is 2.30. The van der Waals surface area contributed by atoms with Gasteiger partial charge in [-0.05, 0) is 6.42 Å². The molecule has 98 valence electrons. The van der Waals surface area contributed by atoms with Crippen molar-refractivity contribution in [2.45, 2.75) is 51.5 Å². The first-order valence-corrected chi connectivity index (χ1v) is 5.77. The molecule has 17 heavy (non-hydrogen) atoms. The van der Waals surface area contributed by atoms with E-state index in [1.54, 1.807) is 0 Å². The number of rotatable bonds is 9. The van der Waals surface area contributed by atoms with E-state index in [0.29, 0.717) is 0 Å². The van der Waals surface area contributed by atoms with Gasteiger partial charge < -0.3 is 16.2 Å². The Balaban J connectivity index is 3.96. The summed E-state index contributed by atoms with van der Waals surface area (Å²) in [6.07, 6.45) is 3.69. The van der Waals surface area contributed by atoms with E-state index in [4.69, 9.17) is 10.8 Å². The lowest BCUT2D eigenvalue weighted by molar-refractivity contribution is -0.143. The normalized spacial score (nSPS) is 11.8. The first kappa shape index (κ1) is 15.4. The fraction of sp³-hybridized carbons (Fsp3) is 0.727. The van der Waals surface area contributed by atoms with Crippen LogP contribution in [0.25, 0.3) is 0 Å². The van der Waals surface area contributed by atoms with Crippen molar-refractivity contribution in [2.24, 2.45) is 5.73 Å². The predicted molar refractivity (Wildman–Crippen MR) is 62.1 cm³/mol. The number of carboxylic acids is 1. The minimum atomic E-state index is -1.24. The fourth-order valence-electron chi connectivity index (χ4n) is 1.38. The third kappa shape index (κ3) is 8.24. The molecule has 0 aliphatic rings. The monoisotopic (exact) mass is 244 g/mol. The molecule has 0 aliphatic heterocycles. The van der Waals surface area contributed by atoms with Crippen molar-refractivity contribution in [3.8, 4) is 0 Å². The Labute approximate surface area is 101 Å². The molecule has 0 aromatic carbocycles. The second-order valence-electron chi connectivity index (χ2n) is 3.94. The number of primary amides is 1. The van der Waals surface area contributed by atoms with Gasteiger partial charge in [0, 0.05) is 6.42 Å². The van der Waals surface area contributed by atoms with E-state index in [1.807, 2.05) is 0 Å². The summed E-state index contributed by atoms with van der Waals surface area (Å²) in [6, 6.07) is -1.22. The average Bonchev–Trinajstić information content (AvgIpc) is 2.22. The molecule has 0 fully saturated rings. The lowest BCUT2D eigenvalue weighted by Crippen LogP contribution is -2.43. The van der Waals surface area contributed by atoms with Crippen molar-refractivity contribution in [3.63, 3.8) is 0 Å². The van der Waals surface area contributed by atoms with Crippen molar-refractivity contribution in [1.82, 2.24) is 5.32 Å². The summed E-state index contributed by atoms with van der Waals surface area (Å²) in [5, 5.41) is 11.0. The number of aliphatic carboxylic acids is 1. The van der Waals surface area contributed by atoms with E-state index in [9.17, 15) is 14.4 Å². The van der Waals surface area contributed by atoms with Gasteiger partial charge >= 0.3 is 5.97 Å². The van der Waals surface area contributed by atoms with Gasteiger partial charge in [-0.15, -0.1) is 0 Å². The molecule has 0 unspecified atom stereocenters. The lowest BCUT2D eigenvalue weighted by Gasteiger charge is -2.12. The molecule has 4 N–H and O–H groups in total. The highest BCUT2D eigenvalue weighted by Gasteiger charge is 2.21. The lowest BCUT2D eigenvalue weighted by atomic mass is 10.1. The van der Waals surface area contributed by atoms with Crippen LogP contribution in [0.15, 0.2) is 0 Å². The van der Waals surface area contributed by atoms with E-state index in [-0.39, 0.29) is 18.7 Å². The van der Waals surface area contributed by atoms with Gasteiger partial charge in [0.25, 0.3) is 0 Å². The Morgan fingerprint density at radius 2 is 1.88 bits per heavy atom. The molecule has 0 aliphatic carbocycles. The third-order valence-corrected chi connectivity index (χ3v) is 2.30. The van der Waals surface area contributed by atoms with Crippen molar-refractivity contribution in [1.29, 1.82) is 0 Å². The Morgan fingerprint density at radius 3 is 2.35 bits per heavy atom. The molecule has 0 spiro atoms. The number of hydrogen-bond donors (Lipinski definition) is 3. The van der Waals surface area contributed by atoms with E-state index in [0.717, 1.165) is 25.7 Å². The largest absolute Gasteiger partial charge is 0.480 e. The molecule has 0 bridgehead atoms. The summed E-state index contributed by atoms with van der Waals surface area (Å²) in [5.41, 5.74) is 4.89. The molecule has 6 heteroatoms. The number of amides is 2. The topological polar surface area (TPSA) is 109 Å². The SMILES string of the molecule is CCCCCCC(=O)N[C@@H](CC(N)=O)C(=O)O. The molecule has 0 radical (unpaired) electrons. The van der Waals surface area contributed by atoms with Gasteiger partial charge in [-0.3, -0.25) is 9.59 Å². The molecule has 1 atom stereocenters. The van der Waals surface area contributed by atoms with E-state index in [1.165, 1.54) is 0 Å². The molecule has 2 amide bonds. The minimum Gasteiger partial charge on any atom is -0.480 e. The Bertz CT molecular complexity index is 279. The summed E-state index contributed by atoms with van der Waals surface area (Å²) in [5.74, 6) is -2.34.